The fourth-order valence-corrected chi connectivity index (χ4v) is 1.37. The van der Waals surface area contributed by atoms with Gasteiger partial charge in [0.05, 0.1) is 11.6 Å². The number of nitrogens with one attached hydrogen (secondary N) is 1. The summed E-state index contributed by atoms with van der Waals surface area (Å²) in [5.74, 6) is 0. The van der Waals surface area contributed by atoms with Gasteiger partial charge in [-0.1, -0.05) is 0 Å². The predicted octanol–water partition coefficient (Wildman–Crippen LogP) is 2.57. The van der Waals surface area contributed by atoms with Gasteiger partial charge in [-0.05, 0) is 42.0 Å². The Kier molecular flexibility index (Phi) is 3.15. The Balaban J connectivity index is 1.98. The summed E-state index contributed by atoms with van der Waals surface area (Å²) in [6, 6.07) is 13.4. The monoisotopic (exact) mass is 209 g/mol. The highest BCUT2D eigenvalue weighted by molar-refractivity contribution is 5.47. The van der Waals surface area contributed by atoms with Gasteiger partial charge in [0.1, 0.15) is 0 Å². The Morgan fingerprint density at radius 3 is 2.38 bits per heavy atom. The molecule has 16 heavy (non-hydrogen) atoms. The number of anilines is 1. The van der Waals surface area contributed by atoms with Crippen LogP contribution in [0, 0.1) is 11.3 Å². The van der Waals surface area contributed by atoms with E-state index in [4.69, 9.17) is 5.26 Å². The fraction of sp³-hybridized carbons (Fsp3) is 0.0769. The molecule has 0 aliphatic carbocycles. The Bertz CT molecular complexity index is 483. The molecule has 78 valence electrons. The van der Waals surface area contributed by atoms with Crippen molar-refractivity contribution in [1.29, 1.82) is 5.26 Å². The molecule has 0 atom stereocenters. The number of pyridine rings is 1. The highest BCUT2D eigenvalue weighted by atomic mass is 14.9. The minimum absolute atomic E-state index is 0.675. The van der Waals surface area contributed by atoms with Crippen LogP contribution in [0.1, 0.15) is 11.1 Å². The van der Waals surface area contributed by atoms with Crippen molar-refractivity contribution in [3.8, 4) is 6.07 Å². The number of hydrogen-bond acceptors (Lipinski definition) is 3. The lowest BCUT2D eigenvalue weighted by Gasteiger charge is -2.05. The molecule has 0 radical (unpaired) electrons. The van der Waals surface area contributed by atoms with Crippen LogP contribution in [0.3, 0.4) is 0 Å². The summed E-state index contributed by atoms with van der Waals surface area (Å²) in [5.41, 5.74) is 2.87. The normalized spacial score (nSPS) is 9.44. The first-order valence-corrected chi connectivity index (χ1v) is 5.01. The maximum absolute atomic E-state index is 8.66. The number of nitriles is 1. The molecule has 0 fully saturated rings. The molecule has 3 heteroatoms. The summed E-state index contributed by atoms with van der Waals surface area (Å²) in [6.07, 6.45) is 3.55. The maximum atomic E-state index is 8.66. The second-order valence-corrected chi connectivity index (χ2v) is 3.40. The van der Waals surface area contributed by atoms with Crippen molar-refractivity contribution in [2.24, 2.45) is 0 Å². The highest BCUT2D eigenvalue weighted by Crippen LogP contribution is 2.10. The third-order valence-corrected chi connectivity index (χ3v) is 2.26. The zero-order valence-electron chi connectivity index (χ0n) is 8.72. The summed E-state index contributed by atoms with van der Waals surface area (Å²) in [4.78, 5) is 3.96. The van der Waals surface area contributed by atoms with Crippen LogP contribution in [0.4, 0.5) is 5.69 Å². The molecular weight excluding hydrogens is 198 g/mol. The van der Waals surface area contributed by atoms with Gasteiger partial charge in [0.2, 0.25) is 0 Å². The highest BCUT2D eigenvalue weighted by Gasteiger charge is 1.94. The molecule has 2 rings (SSSR count). The summed E-state index contributed by atoms with van der Waals surface area (Å²) < 4.78 is 0. The zero-order chi connectivity index (χ0) is 11.2. The second-order valence-electron chi connectivity index (χ2n) is 3.40. The largest absolute Gasteiger partial charge is 0.381 e. The van der Waals surface area contributed by atoms with Gasteiger partial charge in [0.25, 0.3) is 0 Å². The molecule has 0 aliphatic rings. The fourth-order valence-electron chi connectivity index (χ4n) is 1.37. The first-order chi connectivity index (χ1) is 7.88. The lowest BCUT2D eigenvalue weighted by Crippen LogP contribution is -1.98. The van der Waals surface area contributed by atoms with Gasteiger partial charge in [0.15, 0.2) is 0 Å². The summed E-state index contributed by atoms with van der Waals surface area (Å²) in [5, 5.41) is 11.9. The number of hydrogen-bond donors (Lipinski definition) is 1. The average Bonchev–Trinajstić information content (AvgIpc) is 2.38. The summed E-state index contributed by atoms with van der Waals surface area (Å²) >= 11 is 0. The van der Waals surface area contributed by atoms with Gasteiger partial charge in [0, 0.05) is 24.6 Å². The molecule has 1 heterocycles. The van der Waals surface area contributed by atoms with Gasteiger partial charge in [-0.25, -0.2) is 0 Å². The van der Waals surface area contributed by atoms with Crippen LogP contribution in [0.25, 0.3) is 0 Å². The van der Waals surface area contributed by atoms with E-state index in [1.165, 1.54) is 5.56 Å². The third-order valence-electron chi connectivity index (χ3n) is 2.26. The molecule has 1 aromatic heterocycles. The zero-order valence-corrected chi connectivity index (χ0v) is 8.72. The second kappa shape index (κ2) is 4.94. The first kappa shape index (κ1) is 10.2. The van der Waals surface area contributed by atoms with Gasteiger partial charge in [-0.3, -0.25) is 4.98 Å². The van der Waals surface area contributed by atoms with E-state index in [1.54, 1.807) is 24.5 Å². The summed E-state index contributed by atoms with van der Waals surface area (Å²) in [7, 11) is 0. The number of nitrogens with zero attached hydrogens (tertiary/aromatic N) is 2. The number of benzene rings is 1. The van der Waals surface area contributed by atoms with Crippen LogP contribution in [0.2, 0.25) is 0 Å². The van der Waals surface area contributed by atoms with Crippen LogP contribution < -0.4 is 5.32 Å². The molecule has 0 unspecified atom stereocenters. The van der Waals surface area contributed by atoms with E-state index in [-0.39, 0.29) is 0 Å². The molecule has 2 aromatic rings. The number of rotatable bonds is 3. The van der Waals surface area contributed by atoms with E-state index in [0.29, 0.717) is 5.56 Å². The minimum Gasteiger partial charge on any atom is -0.381 e. The van der Waals surface area contributed by atoms with Crippen LogP contribution in [-0.4, -0.2) is 4.98 Å². The quantitative estimate of drug-likeness (QED) is 0.845. The molecule has 0 saturated heterocycles. The van der Waals surface area contributed by atoms with E-state index in [0.717, 1.165) is 12.2 Å². The molecule has 1 aromatic carbocycles. The van der Waals surface area contributed by atoms with Crippen LogP contribution in [-0.2, 0) is 6.54 Å². The molecule has 3 nitrogen and oxygen atoms in total. The molecule has 0 amide bonds. The van der Waals surface area contributed by atoms with Crippen molar-refractivity contribution >= 4 is 5.69 Å². The molecular formula is C13H11N3. The van der Waals surface area contributed by atoms with Crippen LogP contribution >= 0.6 is 0 Å². The van der Waals surface area contributed by atoms with Crippen LogP contribution in [0.5, 0.6) is 0 Å². The van der Waals surface area contributed by atoms with Crippen molar-refractivity contribution in [3.05, 3.63) is 59.9 Å². The van der Waals surface area contributed by atoms with E-state index in [2.05, 4.69) is 16.4 Å². The van der Waals surface area contributed by atoms with Crippen LogP contribution in [0.15, 0.2) is 48.8 Å². The van der Waals surface area contributed by atoms with Gasteiger partial charge in [-0.2, -0.15) is 5.26 Å². The smallest absolute Gasteiger partial charge is 0.0991 e. The van der Waals surface area contributed by atoms with E-state index >= 15 is 0 Å². The molecule has 1 N–H and O–H groups in total. The third kappa shape index (κ3) is 2.58. The standard InChI is InChI=1S/C13H11N3/c14-9-11-1-3-13(4-2-11)16-10-12-5-7-15-8-6-12/h1-8,16H,10H2. The van der Waals surface area contributed by atoms with Gasteiger partial charge < -0.3 is 5.32 Å². The van der Waals surface area contributed by atoms with E-state index < -0.39 is 0 Å². The minimum atomic E-state index is 0.675. The van der Waals surface area contributed by atoms with Crippen molar-refractivity contribution in [1.82, 2.24) is 4.98 Å². The maximum Gasteiger partial charge on any atom is 0.0991 e. The Morgan fingerprint density at radius 2 is 1.75 bits per heavy atom. The topological polar surface area (TPSA) is 48.7 Å². The number of aromatic nitrogens is 1. The SMILES string of the molecule is N#Cc1ccc(NCc2ccncc2)cc1. The molecule has 0 saturated carbocycles. The average molecular weight is 209 g/mol. The van der Waals surface area contributed by atoms with Crippen molar-refractivity contribution < 1.29 is 0 Å². The van der Waals surface area contributed by atoms with Crippen molar-refractivity contribution in [2.45, 2.75) is 6.54 Å². The van der Waals surface area contributed by atoms with Gasteiger partial charge >= 0.3 is 0 Å². The first-order valence-electron chi connectivity index (χ1n) is 5.01. The predicted molar refractivity (Wildman–Crippen MR) is 62.7 cm³/mol. The van der Waals surface area contributed by atoms with E-state index in [1.807, 2.05) is 24.3 Å². The summed E-state index contributed by atoms with van der Waals surface area (Å²) in [6.45, 7) is 0.758. The van der Waals surface area contributed by atoms with Crippen molar-refractivity contribution in [2.75, 3.05) is 5.32 Å². The van der Waals surface area contributed by atoms with Gasteiger partial charge in [-0.15, -0.1) is 0 Å². The van der Waals surface area contributed by atoms with Crippen molar-refractivity contribution in [3.63, 3.8) is 0 Å². The lowest BCUT2D eigenvalue weighted by molar-refractivity contribution is 1.13. The molecule has 0 bridgehead atoms. The van der Waals surface area contributed by atoms with E-state index in [9.17, 15) is 0 Å². The Labute approximate surface area is 94.4 Å². The lowest BCUT2D eigenvalue weighted by atomic mass is 10.2. The molecule has 0 spiro atoms. The molecule has 0 aliphatic heterocycles. The Hall–Kier alpha value is -2.34. The Morgan fingerprint density at radius 1 is 1.06 bits per heavy atom.